The molecule has 1 aromatic heterocycles. The molecule has 1 aliphatic rings. The fourth-order valence-electron chi connectivity index (χ4n) is 3.60. The van der Waals surface area contributed by atoms with Crippen molar-refractivity contribution in [3.63, 3.8) is 0 Å². The van der Waals surface area contributed by atoms with Crippen molar-refractivity contribution in [3.8, 4) is 5.75 Å². The van der Waals surface area contributed by atoms with E-state index in [0.717, 1.165) is 6.07 Å². The predicted octanol–water partition coefficient (Wildman–Crippen LogP) is 5.66. The highest BCUT2D eigenvalue weighted by Crippen LogP contribution is 2.53. The number of aromatic nitrogens is 1. The van der Waals surface area contributed by atoms with Gasteiger partial charge in [0, 0.05) is 6.07 Å². The van der Waals surface area contributed by atoms with Gasteiger partial charge in [-0.05, 0) is 18.2 Å². The van der Waals surface area contributed by atoms with Gasteiger partial charge in [0.2, 0.25) is 0 Å². The minimum atomic E-state index is -0.754. The molecule has 1 N–H and O–H groups in total. The van der Waals surface area contributed by atoms with Crippen LogP contribution in [-0.2, 0) is 6.54 Å². The minimum Gasteiger partial charge on any atom is -0.503 e. The van der Waals surface area contributed by atoms with Gasteiger partial charge >= 0.3 is 0 Å². The van der Waals surface area contributed by atoms with Crippen molar-refractivity contribution in [2.24, 2.45) is 0 Å². The molecule has 0 amide bonds. The van der Waals surface area contributed by atoms with Crippen LogP contribution in [0, 0.1) is 22.0 Å². The lowest BCUT2D eigenvalue weighted by Gasteiger charge is -2.33. The number of phenolic OH excluding ortho intramolecular Hbond substituents is 1. The summed E-state index contributed by atoms with van der Waals surface area (Å²) in [6.45, 7) is -0.260. The van der Waals surface area contributed by atoms with Crippen LogP contribution in [0.5, 0.6) is 5.75 Å². The van der Waals surface area contributed by atoms with Crippen molar-refractivity contribution >= 4 is 40.3 Å². The highest BCUT2D eigenvalue weighted by atomic mass is 35.5. The Bertz CT molecular complexity index is 1170. The van der Waals surface area contributed by atoms with Crippen molar-refractivity contribution in [1.29, 1.82) is 0 Å². The zero-order valence-corrected chi connectivity index (χ0v) is 16.2. The third-order valence-electron chi connectivity index (χ3n) is 4.78. The first kappa shape index (κ1) is 19.3. The van der Waals surface area contributed by atoms with E-state index in [1.807, 2.05) is 0 Å². The van der Waals surface area contributed by atoms with Gasteiger partial charge in [0.15, 0.2) is 17.1 Å². The lowest BCUT2D eigenvalue weighted by molar-refractivity contribution is -0.385. The quantitative estimate of drug-likeness (QED) is 0.328. The van der Waals surface area contributed by atoms with Crippen LogP contribution in [0.25, 0.3) is 0 Å². The number of aromatic hydroxyl groups is 1. The zero-order chi connectivity index (χ0) is 20.8. The lowest BCUT2D eigenvalue weighted by atomic mass is 10.1. The number of pyridine rings is 1. The largest absolute Gasteiger partial charge is 0.503 e. The third kappa shape index (κ3) is 3.04. The van der Waals surface area contributed by atoms with Gasteiger partial charge < -0.3 is 5.11 Å². The first-order valence-corrected chi connectivity index (χ1v) is 9.13. The molecule has 4 rings (SSSR count). The number of nitrogens with zero attached hydrogens (tertiary/aromatic N) is 3. The molecular formula is C20H12Cl2FN3O3+. The minimum absolute atomic E-state index is 0.105. The Kier molecular flexibility index (Phi) is 4.74. The van der Waals surface area contributed by atoms with E-state index in [0.29, 0.717) is 16.9 Å². The van der Waals surface area contributed by atoms with E-state index >= 15 is 0 Å². The van der Waals surface area contributed by atoms with Gasteiger partial charge in [-0.3, -0.25) is 15.1 Å². The van der Waals surface area contributed by atoms with Crippen LogP contribution in [0.1, 0.15) is 11.1 Å². The fourth-order valence-corrected chi connectivity index (χ4v) is 4.27. The SMILES string of the molecule is O=[N+]([O-])c1cccc(F)c1C[N+]1(c2c(Cl)cncc2Cl)C=[C]c2cccc(O)c21. The van der Waals surface area contributed by atoms with Crippen LogP contribution in [-0.4, -0.2) is 15.0 Å². The Morgan fingerprint density at radius 3 is 2.52 bits per heavy atom. The fraction of sp³-hybridized carbons (Fsp3) is 0.0500. The number of rotatable bonds is 4. The van der Waals surface area contributed by atoms with Gasteiger partial charge in [-0.2, -0.15) is 0 Å². The smallest absolute Gasteiger partial charge is 0.281 e. The number of halogens is 3. The molecule has 2 heterocycles. The summed E-state index contributed by atoms with van der Waals surface area (Å²) in [5, 5.41) is 22.5. The van der Waals surface area contributed by atoms with E-state index in [4.69, 9.17) is 23.2 Å². The van der Waals surface area contributed by atoms with Crippen LogP contribution >= 0.6 is 23.2 Å². The Labute approximate surface area is 174 Å². The maximum atomic E-state index is 14.7. The van der Waals surface area contributed by atoms with Gasteiger partial charge in [0.1, 0.15) is 34.2 Å². The molecule has 0 spiro atoms. The maximum absolute atomic E-state index is 14.7. The number of nitro groups is 1. The highest BCUT2D eigenvalue weighted by Gasteiger charge is 2.45. The summed E-state index contributed by atoms with van der Waals surface area (Å²) in [7, 11) is 0. The van der Waals surface area contributed by atoms with E-state index < -0.39 is 10.7 Å². The molecule has 1 atom stereocenters. The summed E-state index contributed by atoms with van der Waals surface area (Å²) in [5.41, 5.74) is 0.623. The van der Waals surface area contributed by atoms with Gasteiger partial charge in [-0.25, -0.2) is 8.87 Å². The first-order chi connectivity index (χ1) is 13.8. The molecule has 1 radical (unpaired) electrons. The number of para-hydroxylation sites is 1. The predicted molar refractivity (Wildman–Crippen MR) is 107 cm³/mol. The average molecular weight is 432 g/mol. The van der Waals surface area contributed by atoms with Gasteiger partial charge in [-0.15, -0.1) is 0 Å². The summed E-state index contributed by atoms with van der Waals surface area (Å²) >= 11 is 12.8. The van der Waals surface area contributed by atoms with Gasteiger partial charge in [0.05, 0.1) is 29.0 Å². The third-order valence-corrected chi connectivity index (χ3v) is 5.33. The monoisotopic (exact) mass is 431 g/mol. The van der Waals surface area contributed by atoms with Crippen LogP contribution in [0.3, 0.4) is 0 Å². The van der Waals surface area contributed by atoms with Crippen molar-refractivity contribution in [2.75, 3.05) is 0 Å². The first-order valence-electron chi connectivity index (χ1n) is 8.37. The molecule has 3 aromatic rings. The summed E-state index contributed by atoms with van der Waals surface area (Å²) in [6.07, 6.45) is 7.31. The summed E-state index contributed by atoms with van der Waals surface area (Å²) in [5.74, 6) is -0.859. The number of quaternary nitrogens is 1. The molecule has 0 aliphatic carbocycles. The van der Waals surface area contributed by atoms with Crippen LogP contribution in [0.15, 0.2) is 55.0 Å². The summed E-state index contributed by atoms with van der Waals surface area (Å²) in [4.78, 5) is 14.8. The topological polar surface area (TPSA) is 76.3 Å². The normalized spacial score (nSPS) is 17.3. The molecule has 0 saturated carbocycles. The number of nitro benzene ring substituents is 1. The number of hydrogen-bond acceptors (Lipinski definition) is 4. The standard InChI is InChI=1S/C20H11Cl2FN3O3/c21-14-9-24-10-15(22)20(14)26(8-7-12-3-1-6-18(27)19(12)26)11-13-16(23)4-2-5-17(13)25(28)29/h1-6,8-10H,11H2/p+1. The molecule has 0 bridgehead atoms. The molecule has 9 heteroatoms. The lowest BCUT2D eigenvalue weighted by Crippen LogP contribution is -2.37. The zero-order valence-electron chi connectivity index (χ0n) is 14.6. The highest BCUT2D eigenvalue weighted by molar-refractivity contribution is 6.39. The molecule has 0 saturated heterocycles. The second-order valence-corrected chi connectivity index (χ2v) is 7.23. The molecule has 6 nitrogen and oxygen atoms in total. The Morgan fingerprint density at radius 1 is 1.14 bits per heavy atom. The Hall–Kier alpha value is -3.00. The van der Waals surface area contributed by atoms with Crippen LogP contribution in [0.2, 0.25) is 10.0 Å². The number of benzene rings is 2. The van der Waals surface area contributed by atoms with Crippen molar-refractivity contribution in [1.82, 2.24) is 9.47 Å². The second-order valence-electron chi connectivity index (χ2n) is 6.42. The van der Waals surface area contributed by atoms with E-state index in [1.54, 1.807) is 18.3 Å². The van der Waals surface area contributed by atoms with E-state index in [-0.39, 0.29) is 38.1 Å². The van der Waals surface area contributed by atoms with Gasteiger partial charge in [-0.1, -0.05) is 35.3 Å². The van der Waals surface area contributed by atoms with E-state index in [2.05, 4.69) is 11.1 Å². The number of hydrogen-bond donors (Lipinski definition) is 1. The summed E-state index contributed by atoms with van der Waals surface area (Å²) < 4.78 is 14.4. The molecule has 29 heavy (non-hydrogen) atoms. The molecule has 1 aliphatic heterocycles. The second kappa shape index (κ2) is 7.11. The maximum Gasteiger partial charge on any atom is 0.281 e. The Morgan fingerprint density at radius 2 is 1.83 bits per heavy atom. The van der Waals surface area contributed by atoms with E-state index in [1.165, 1.54) is 30.6 Å². The van der Waals surface area contributed by atoms with Crippen molar-refractivity contribution in [3.05, 3.63) is 98.2 Å². The van der Waals surface area contributed by atoms with Crippen LogP contribution in [0.4, 0.5) is 21.5 Å². The van der Waals surface area contributed by atoms with Gasteiger partial charge in [0.25, 0.3) is 5.69 Å². The summed E-state index contributed by atoms with van der Waals surface area (Å²) in [6, 6.07) is 8.45. The van der Waals surface area contributed by atoms with Crippen molar-refractivity contribution < 1.29 is 14.4 Å². The molecule has 0 fully saturated rings. The average Bonchev–Trinajstić information content (AvgIpc) is 3.03. The van der Waals surface area contributed by atoms with Crippen molar-refractivity contribution in [2.45, 2.75) is 6.54 Å². The van der Waals surface area contributed by atoms with E-state index in [9.17, 15) is 19.6 Å². The molecule has 1 unspecified atom stereocenters. The number of fused-ring (bicyclic) bond motifs is 1. The molecule has 2 aromatic carbocycles. The van der Waals surface area contributed by atoms with Crippen LogP contribution < -0.4 is 4.48 Å². The molecule has 145 valence electrons. The molecular weight excluding hydrogens is 420 g/mol. The Balaban J connectivity index is 2.05. The number of phenols is 1.